The van der Waals surface area contributed by atoms with Gasteiger partial charge in [0, 0.05) is 23.7 Å². The van der Waals surface area contributed by atoms with Crippen molar-refractivity contribution in [3.63, 3.8) is 0 Å². The molecule has 0 amide bonds. The van der Waals surface area contributed by atoms with E-state index in [-0.39, 0.29) is 12.4 Å². The number of hydrogen-bond donors (Lipinski definition) is 2. The molecule has 2 N–H and O–H groups in total. The van der Waals surface area contributed by atoms with E-state index in [9.17, 15) is 5.11 Å². The summed E-state index contributed by atoms with van der Waals surface area (Å²) in [6.07, 6.45) is 0. The summed E-state index contributed by atoms with van der Waals surface area (Å²) < 4.78 is 0. The molecular weight excluding hydrogens is 202 g/mol. The molecule has 0 aromatic heterocycles. The Hall–Kier alpha value is -0.770. The molecule has 14 heavy (non-hydrogen) atoms. The third-order valence-electron chi connectivity index (χ3n) is 1.96. The third-order valence-corrected chi connectivity index (χ3v) is 2.20. The van der Waals surface area contributed by atoms with Crippen molar-refractivity contribution in [2.75, 3.05) is 20.2 Å². The fourth-order valence-electron chi connectivity index (χ4n) is 1.22. The monoisotopic (exact) mass is 215 g/mol. The Bertz CT molecular complexity index is 304. The van der Waals surface area contributed by atoms with Gasteiger partial charge in [-0.25, -0.2) is 0 Å². The number of phenolic OH excluding ortho intramolecular Hbond substituents is 1. The summed E-state index contributed by atoms with van der Waals surface area (Å²) in [6.45, 7) is 1.26. The normalized spacial score (nSPS) is 10.9. The second-order valence-electron chi connectivity index (χ2n) is 3.23. The van der Waals surface area contributed by atoms with Crippen LogP contribution in [0.25, 0.3) is 0 Å². The second-order valence-corrected chi connectivity index (χ2v) is 3.67. The number of nitrogens with zero attached hydrogens (tertiary/aromatic N) is 1. The summed E-state index contributed by atoms with van der Waals surface area (Å²) in [4.78, 5) is 1.91. The Balaban J connectivity index is 2.70. The van der Waals surface area contributed by atoms with Crippen LogP contribution in [-0.2, 0) is 6.54 Å². The van der Waals surface area contributed by atoms with Crippen LogP contribution in [-0.4, -0.2) is 35.3 Å². The SMILES string of the molecule is CN(CCO)Cc1cc(Cl)ccc1O. The number of likely N-dealkylation sites (N-methyl/N-ethyl adjacent to an activating group) is 1. The lowest BCUT2D eigenvalue weighted by molar-refractivity contribution is 0.216. The van der Waals surface area contributed by atoms with E-state index < -0.39 is 0 Å². The first-order valence-corrected chi connectivity index (χ1v) is 4.78. The fourth-order valence-corrected chi connectivity index (χ4v) is 1.42. The zero-order valence-corrected chi connectivity index (χ0v) is 8.83. The lowest BCUT2D eigenvalue weighted by atomic mass is 10.2. The predicted molar refractivity (Wildman–Crippen MR) is 56.5 cm³/mol. The van der Waals surface area contributed by atoms with Crippen molar-refractivity contribution in [1.82, 2.24) is 4.90 Å². The molecule has 0 unspecified atom stereocenters. The van der Waals surface area contributed by atoms with Crippen molar-refractivity contribution in [2.24, 2.45) is 0 Å². The highest BCUT2D eigenvalue weighted by atomic mass is 35.5. The van der Waals surface area contributed by atoms with Crippen LogP contribution in [0.2, 0.25) is 5.02 Å². The van der Waals surface area contributed by atoms with Gasteiger partial charge in [0.05, 0.1) is 6.61 Å². The van der Waals surface area contributed by atoms with Crippen molar-refractivity contribution < 1.29 is 10.2 Å². The number of rotatable bonds is 4. The van der Waals surface area contributed by atoms with Crippen molar-refractivity contribution in [2.45, 2.75) is 6.54 Å². The Morgan fingerprint density at radius 2 is 2.14 bits per heavy atom. The molecule has 3 nitrogen and oxygen atoms in total. The van der Waals surface area contributed by atoms with Gasteiger partial charge in [-0.1, -0.05) is 11.6 Å². The van der Waals surface area contributed by atoms with Gasteiger partial charge in [-0.15, -0.1) is 0 Å². The van der Waals surface area contributed by atoms with Gasteiger partial charge in [-0.3, -0.25) is 4.90 Å². The summed E-state index contributed by atoms with van der Waals surface area (Å²) in [5.41, 5.74) is 0.772. The zero-order valence-electron chi connectivity index (χ0n) is 8.07. The molecule has 0 aliphatic heterocycles. The van der Waals surface area contributed by atoms with Crippen LogP contribution in [0, 0.1) is 0 Å². The van der Waals surface area contributed by atoms with Gasteiger partial charge in [0.1, 0.15) is 5.75 Å². The van der Waals surface area contributed by atoms with E-state index in [1.54, 1.807) is 18.2 Å². The molecule has 0 saturated heterocycles. The summed E-state index contributed by atoms with van der Waals surface area (Å²) >= 11 is 5.80. The molecule has 1 rings (SSSR count). The number of aliphatic hydroxyl groups is 1. The van der Waals surface area contributed by atoms with Crippen molar-refractivity contribution >= 4 is 11.6 Å². The number of benzene rings is 1. The zero-order chi connectivity index (χ0) is 10.6. The maximum Gasteiger partial charge on any atom is 0.120 e. The highest BCUT2D eigenvalue weighted by Gasteiger charge is 2.05. The van der Waals surface area contributed by atoms with Crippen molar-refractivity contribution in [1.29, 1.82) is 0 Å². The molecule has 0 fully saturated rings. The van der Waals surface area contributed by atoms with Crippen molar-refractivity contribution in [3.8, 4) is 5.75 Å². The first kappa shape index (κ1) is 11.3. The molecule has 4 heteroatoms. The highest BCUT2D eigenvalue weighted by molar-refractivity contribution is 6.30. The molecule has 0 aliphatic carbocycles. The number of aromatic hydroxyl groups is 1. The van der Waals surface area contributed by atoms with Gasteiger partial charge in [0.15, 0.2) is 0 Å². The lowest BCUT2D eigenvalue weighted by Gasteiger charge is -2.15. The summed E-state index contributed by atoms with van der Waals surface area (Å²) in [5, 5.41) is 18.8. The van der Waals surface area contributed by atoms with Crippen LogP contribution in [0.15, 0.2) is 18.2 Å². The topological polar surface area (TPSA) is 43.7 Å². The van der Waals surface area contributed by atoms with E-state index in [0.29, 0.717) is 18.1 Å². The average Bonchev–Trinajstić information content (AvgIpc) is 2.12. The molecule has 0 spiro atoms. The molecular formula is C10H14ClNO2. The van der Waals surface area contributed by atoms with E-state index in [1.165, 1.54) is 0 Å². The Morgan fingerprint density at radius 1 is 1.43 bits per heavy atom. The standard InChI is InChI=1S/C10H14ClNO2/c1-12(4-5-13)7-8-6-9(11)2-3-10(8)14/h2-3,6,13-14H,4-5,7H2,1H3. The Kier molecular flexibility index (Phi) is 4.20. The van der Waals surface area contributed by atoms with Gasteiger partial charge in [0.25, 0.3) is 0 Å². The minimum atomic E-state index is 0.109. The smallest absolute Gasteiger partial charge is 0.120 e. The highest BCUT2D eigenvalue weighted by Crippen LogP contribution is 2.22. The molecule has 0 bridgehead atoms. The molecule has 0 aliphatic rings. The summed E-state index contributed by atoms with van der Waals surface area (Å²) in [5.74, 6) is 0.235. The van der Waals surface area contributed by atoms with Gasteiger partial charge in [-0.05, 0) is 25.2 Å². The van der Waals surface area contributed by atoms with E-state index in [4.69, 9.17) is 16.7 Å². The number of halogens is 1. The Morgan fingerprint density at radius 3 is 2.79 bits per heavy atom. The first-order valence-electron chi connectivity index (χ1n) is 4.40. The van der Waals surface area contributed by atoms with Crippen molar-refractivity contribution in [3.05, 3.63) is 28.8 Å². The van der Waals surface area contributed by atoms with E-state index in [2.05, 4.69) is 0 Å². The largest absolute Gasteiger partial charge is 0.508 e. The van der Waals surface area contributed by atoms with Gasteiger partial charge < -0.3 is 10.2 Å². The number of aliphatic hydroxyl groups excluding tert-OH is 1. The second kappa shape index (κ2) is 5.20. The molecule has 1 aromatic rings. The average molecular weight is 216 g/mol. The molecule has 0 heterocycles. The van der Waals surface area contributed by atoms with E-state index in [1.807, 2.05) is 11.9 Å². The summed E-state index contributed by atoms with van der Waals surface area (Å²) in [7, 11) is 1.87. The number of hydrogen-bond acceptors (Lipinski definition) is 3. The minimum Gasteiger partial charge on any atom is -0.508 e. The molecule has 0 atom stereocenters. The molecule has 1 aromatic carbocycles. The van der Waals surface area contributed by atoms with Crippen LogP contribution in [0.4, 0.5) is 0 Å². The molecule has 78 valence electrons. The summed E-state index contributed by atoms with van der Waals surface area (Å²) in [6, 6.07) is 4.95. The van der Waals surface area contributed by atoms with Gasteiger partial charge >= 0.3 is 0 Å². The maximum atomic E-state index is 9.50. The molecule has 0 radical (unpaired) electrons. The van der Waals surface area contributed by atoms with Crippen LogP contribution in [0.5, 0.6) is 5.75 Å². The van der Waals surface area contributed by atoms with Crippen LogP contribution in [0.3, 0.4) is 0 Å². The Labute approximate surface area is 88.5 Å². The minimum absolute atomic E-state index is 0.109. The first-order chi connectivity index (χ1) is 6.63. The molecule has 0 saturated carbocycles. The third kappa shape index (κ3) is 3.18. The van der Waals surface area contributed by atoms with Gasteiger partial charge in [0.2, 0.25) is 0 Å². The van der Waals surface area contributed by atoms with Gasteiger partial charge in [-0.2, -0.15) is 0 Å². The van der Waals surface area contributed by atoms with Crippen LogP contribution >= 0.6 is 11.6 Å². The van der Waals surface area contributed by atoms with E-state index >= 15 is 0 Å². The quantitative estimate of drug-likeness (QED) is 0.800. The maximum absolute atomic E-state index is 9.50. The van der Waals surface area contributed by atoms with E-state index in [0.717, 1.165) is 5.56 Å². The lowest BCUT2D eigenvalue weighted by Crippen LogP contribution is -2.21. The van der Waals surface area contributed by atoms with Crippen LogP contribution < -0.4 is 0 Å². The fraction of sp³-hybridized carbons (Fsp3) is 0.400. The number of phenols is 1. The predicted octanol–water partition coefficient (Wildman–Crippen LogP) is 1.47. The van der Waals surface area contributed by atoms with Crippen LogP contribution in [0.1, 0.15) is 5.56 Å².